The van der Waals surface area contributed by atoms with Crippen molar-refractivity contribution in [1.29, 1.82) is 0 Å². The summed E-state index contributed by atoms with van der Waals surface area (Å²) in [6.07, 6.45) is -0.0403. The molecule has 0 saturated heterocycles. The van der Waals surface area contributed by atoms with Gasteiger partial charge in [-0.05, 0) is 12.1 Å². The van der Waals surface area contributed by atoms with Crippen molar-refractivity contribution in [3.63, 3.8) is 0 Å². The SMILES string of the molecule is COc1ccc(OC)c2c1C(=O)CC2C(=O)O. The monoisotopic (exact) mass is 236 g/mol. The zero-order valence-electron chi connectivity index (χ0n) is 9.52. The number of fused-ring (bicyclic) bond motifs is 1. The van der Waals surface area contributed by atoms with Gasteiger partial charge >= 0.3 is 5.97 Å². The lowest BCUT2D eigenvalue weighted by Crippen LogP contribution is -2.09. The molecule has 2 rings (SSSR count). The van der Waals surface area contributed by atoms with Gasteiger partial charge in [0, 0.05) is 12.0 Å². The minimum Gasteiger partial charge on any atom is -0.496 e. The Labute approximate surface area is 98.0 Å². The Balaban J connectivity index is 2.68. The summed E-state index contributed by atoms with van der Waals surface area (Å²) >= 11 is 0. The molecule has 1 aromatic rings. The summed E-state index contributed by atoms with van der Waals surface area (Å²) in [7, 11) is 2.90. The van der Waals surface area contributed by atoms with E-state index in [1.54, 1.807) is 12.1 Å². The van der Waals surface area contributed by atoms with Crippen molar-refractivity contribution >= 4 is 11.8 Å². The molecule has 0 amide bonds. The second-order valence-electron chi connectivity index (χ2n) is 3.78. The van der Waals surface area contributed by atoms with Gasteiger partial charge in [0.05, 0.1) is 25.7 Å². The molecule has 0 bridgehead atoms. The topological polar surface area (TPSA) is 72.8 Å². The van der Waals surface area contributed by atoms with Gasteiger partial charge in [-0.1, -0.05) is 0 Å². The van der Waals surface area contributed by atoms with Crippen LogP contribution in [0.2, 0.25) is 0 Å². The fraction of sp³-hybridized carbons (Fsp3) is 0.333. The van der Waals surface area contributed by atoms with Gasteiger partial charge in [0.1, 0.15) is 11.5 Å². The summed E-state index contributed by atoms with van der Waals surface area (Å²) in [5.74, 6) is -1.28. The van der Waals surface area contributed by atoms with Crippen LogP contribution in [0, 0.1) is 0 Å². The summed E-state index contributed by atoms with van der Waals surface area (Å²) in [4.78, 5) is 23.0. The van der Waals surface area contributed by atoms with Gasteiger partial charge in [0.2, 0.25) is 0 Å². The molecular formula is C12H12O5. The molecule has 1 N–H and O–H groups in total. The van der Waals surface area contributed by atoms with Crippen LogP contribution < -0.4 is 9.47 Å². The van der Waals surface area contributed by atoms with Gasteiger partial charge in [-0.2, -0.15) is 0 Å². The highest BCUT2D eigenvalue weighted by atomic mass is 16.5. The Hall–Kier alpha value is -2.04. The number of hydrogen-bond donors (Lipinski definition) is 1. The van der Waals surface area contributed by atoms with E-state index in [1.807, 2.05) is 0 Å². The second kappa shape index (κ2) is 4.08. The largest absolute Gasteiger partial charge is 0.496 e. The third kappa shape index (κ3) is 1.63. The summed E-state index contributed by atoms with van der Waals surface area (Å²) in [6.45, 7) is 0. The molecule has 0 radical (unpaired) electrons. The first-order chi connectivity index (χ1) is 8.10. The average molecular weight is 236 g/mol. The molecule has 0 saturated carbocycles. The molecule has 5 nitrogen and oxygen atoms in total. The molecule has 1 unspecified atom stereocenters. The second-order valence-corrected chi connectivity index (χ2v) is 3.78. The summed E-state index contributed by atoms with van der Waals surface area (Å²) in [6, 6.07) is 3.23. The Bertz CT molecular complexity index is 492. The summed E-state index contributed by atoms with van der Waals surface area (Å²) in [5.41, 5.74) is 0.753. The number of carbonyl (C=O) groups excluding carboxylic acids is 1. The van der Waals surface area contributed by atoms with Crippen LogP contribution in [0.5, 0.6) is 11.5 Å². The van der Waals surface area contributed by atoms with Crippen molar-refractivity contribution in [3.8, 4) is 11.5 Å². The number of aliphatic carboxylic acids is 1. The first kappa shape index (κ1) is 11.4. The van der Waals surface area contributed by atoms with E-state index in [0.717, 1.165) is 0 Å². The van der Waals surface area contributed by atoms with Crippen molar-refractivity contribution in [3.05, 3.63) is 23.3 Å². The molecule has 90 valence electrons. The summed E-state index contributed by atoms with van der Waals surface area (Å²) < 4.78 is 10.2. The molecule has 0 aliphatic heterocycles. The molecule has 1 atom stereocenters. The predicted octanol–water partition coefficient (Wildman–Crippen LogP) is 1.46. The fourth-order valence-corrected chi connectivity index (χ4v) is 2.16. The highest BCUT2D eigenvalue weighted by Crippen LogP contribution is 2.43. The maximum atomic E-state index is 11.8. The molecule has 1 aliphatic carbocycles. The van der Waals surface area contributed by atoms with Crippen molar-refractivity contribution in [1.82, 2.24) is 0 Å². The van der Waals surface area contributed by atoms with E-state index in [9.17, 15) is 9.59 Å². The molecule has 0 fully saturated rings. The number of rotatable bonds is 3. The van der Waals surface area contributed by atoms with Crippen LogP contribution in [0.25, 0.3) is 0 Å². The summed E-state index contributed by atoms with van der Waals surface area (Å²) in [5, 5.41) is 9.11. The normalized spacial score (nSPS) is 17.8. The van der Waals surface area contributed by atoms with E-state index < -0.39 is 11.9 Å². The van der Waals surface area contributed by atoms with E-state index in [-0.39, 0.29) is 12.2 Å². The van der Waals surface area contributed by atoms with Gasteiger partial charge in [-0.25, -0.2) is 0 Å². The van der Waals surface area contributed by atoms with Gasteiger partial charge in [0.15, 0.2) is 5.78 Å². The van der Waals surface area contributed by atoms with Crippen molar-refractivity contribution in [2.45, 2.75) is 12.3 Å². The predicted molar refractivity (Wildman–Crippen MR) is 58.9 cm³/mol. The molecule has 1 aromatic carbocycles. The number of methoxy groups -OCH3 is 2. The lowest BCUT2D eigenvalue weighted by molar-refractivity contribution is -0.138. The zero-order chi connectivity index (χ0) is 12.6. The van der Waals surface area contributed by atoms with Crippen LogP contribution >= 0.6 is 0 Å². The average Bonchev–Trinajstić information content (AvgIpc) is 2.67. The third-order valence-electron chi connectivity index (χ3n) is 2.92. The van der Waals surface area contributed by atoms with E-state index in [1.165, 1.54) is 14.2 Å². The Kier molecular flexibility index (Phi) is 2.75. The van der Waals surface area contributed by atoms with E-state index in [0.29, 0.717) is 22.6 Å². The number of carboxylic acids is 1. The van der Waals surface area contributed by atoms with Crippen molar-refractivity contribution in [2.24, 2.45) is 0 Å². The number of Topliss-reactive ketones (excluding diaryl/α,β-unsaturated/α-hetero) is 1. The Morgan fingerprint density at radius 2 is 1.88 bits per heavy atom. The van der Waals surface area contributed by atoms with E-state index >= 15 is 0 Å². The van der Waals surface area contributed by atoms with E-state index in [2.05, 4.69) is 0 Å². The Morgan fingerprint density at radius 1 is 1.29 bits per heavy atom. The van der Waals surface area contributed by atoms with Gasteiger partial charge in [-0.3, -0.25) is 9.59 Å². The molecular weight excluding hydrogens is 224 g/mol. The number of ketones is 1. The minimum absolute atomic E-state index is 0.0403. The molecule has 0 spiro atoms. The highest BCUT2D eigenvalue weighted by Gasteiger charge is 2.39. The molecule has 17 heavy (non-hydrogen) atoms. The standard InChI is InChI=1S/C12H12O5/c1-16-8-3-4-9(17-2)11-7(13)5-6(10(8)11)12(14)15/h3-4,6H,5H2,1-2H3,(H,14,15). The molecule has 0 heterocycles. The minimum atomic E-state index is -1.02. The zero-order valence-corrected chi connectivity index (χ0v) is 9.52. The van der Waals surface area contributed by atoms with Crippen LogP contribution in [0.15, 0.2) is 12.1 Å². The molecule has 0 aromatic heterocycles. The van der Waals surface area contributed by atoms with Crippen molar-refractivity contribution in [2.75, 3.05) is 14.2 Å². The van der Waals surface area contributed by atoms with Crippen LogP contribution in [0.1, 0.15) is 28.3 Å². The third-order valence-corrected chi connectivity index (χ3v) is 2.92. The van der Waals surface area contributed by atoms with Crippen molar-refractivity contribution < 1.29 is 24.2 Å². The highest BCUT2D eigenvalue weighted by molar-refractivity contribution is 6.08. The molecule has 1 aliphatic rings. The lowest BCUT2D eigenvalue weighted by Gasteiger charge is -2.12. The van der Waals surface area contributed by atoms with Crippen LogP contribution in [-0.2, 0) is 4.79 Å². The van der Waals surface area contributed by atoms with Crippen LogP contribution in [0.3, 0.4) is 0 Å². The number of benzene rings is 1. The van der Waals surface area contributed by atoms with Crippen LogP contribution in [0.4, 0.5) is 0 Å². The maximum Gasteiger partial charge on any atom is 0.311 e. The first-order valence-electron chi connectivity index (χ1n) is 5.11. The number of hydrogen-bond acceptors (Lipinski definition) is 4. The first-order valence-corrected chi connectivity index (χ1v) is 5.11. The number of ether oxygens (including phenoxy) is 2. The number of carboxylic acid groups (broad SMARTS) is 1. The Morgan fingerprint density at radius 3 is 2.41 bits per heavy atom. The van der Waals surface area contributed by atoms with Gasteiger partial charge < -0.3 is 14.6 Å². The van der Waals surface area contributed by atoms with Crippen LogP contribution in [-0.4, -0.2) is 31.1 Å². The van der Waals surface area contributed by atoms with Gasteiger partial charge in [-0.15, -0.1) is 0 Å². The molecule has 5 heteroatoms. The maximum absolute atomic E-state index is 11.8. The smallest absolute Gasteiger partial charge is 0.311 e. The quantitative estimate of drug-likeness (QED) is 0.860. The fourth-order valence-electron chi connectivity index (χ4n) is 2.16. The van der Waals surface area contributed by atoms with Gasteiger partial charge in [0.25, 0.3) is 0 Å². The lowest BCUT2D eigenvalue weighted by atomic mass is 10.00. The van der Waals surface area contributed by atoms with E-state index in [4.69, 9.17) is 14.6 Å². The number of carbonyl (C=O) groups is 2.